The molecular weight excluding hydrogens is 318 g/mol. The lowest BCUT2D eigenvalue weighted by Crippen LogP contribution is -2.51. The highest BCUT2D eigenvalue weighted by atomic mass is 16.3. The minimum absolute atomic E-state index is 0.398. The van der Waals surface area contributed by atoms with E-state index in [2.05, 4.69) is 16.0 Å². The van der Waals surface area contributed by atoms with E-state index in [-0.39, 0.29) is 0 Å². The lowest BCUT2D eigenvalue weighted by atomic mass is 10.1. The van der Waals surface area contributed by atoms with Crippen LogP contribution in [0.25, 0.3) is 16.7 Å². The molecule has 124 valence electrons. The molecule has 1 N–H and O–H groups in total. The minimum Gasteiger partial charge on any atom is -0.389 e. The smallest absolute Gasteiger partial charge is 0.355 e. The molecule has 2 aromatic heterocycles. The number of β-amino-alcohol motifs (C(OH)–C–C–N with tert-alkyl or cyclic N) is 1. The van der Waals surface area contributed by atoms with Gasteiger partial charge in [0.05, 0.1) is 28.8 Å². The fraction of sp³-hybridized carbons (Fsp3) is 0.222. The molecule has 1 aliphatic rings. The number of hydrogen-bond donors (Lipinski definition) is 1. The monoisotopic (exact) mass is 333 g/mol. The van der Waals surface area contributed by atoms with Gasteiger partial charge in [0, 0.05) is 18.8 Å². The maximum atomic E-state index is 12.7. The third kappa shape index (κ3) is 2.53. The van der Waals surface area contributed by atoms with Crippen LogP contribution >= 0.6 is 0 Å². The van der Waals surface area contributed by atoms with E-state index < -0.39 is 11.8 Å². The summed E-state index contributed by atoms with van der Waals surface area (Å²) < 4.78 is 1.42. The lowest BCUT2D eigenvalue weighted by molar-refractivity contribution is 0.141. The summed E-state index contributed by atoms with van der Waals surface area (Å²) in [7, 11) is 0. The average molecular weight is 333 g/mol. The number of rotatable bonds is 2. The van der Waals surface area contributed by atoms with Gasteiger partial charge < -0.3 is 10.0 Å². The first-order valence-corrected chi connectivity index (χ1v) is 7.91. The second-order valence-corrected chi connectivity index (χ2v) is 6.10. The predicted octanol–water partition coefficient (Wildman–Crippen LogP) is 1.14. The zero-order valence-electron chi connectivity index (χ0n) is 13.5. The number of aliphatic hydroxyl groups excluding tert-OH is 1. The molecule has 0 amide bonds. The number of nitriles is 1. The van der Waals surface area contributed by atoms with Crippen LogP contribution in [0.5, 0.6) is 0 Å². The van der Waals surface area contributed by atoms with Crippen LogP contribution in [0, 0.1) is 18.3 Å². The zero-order chi connectivity index (χ0) is 17.6. The van der Waals surface area contributed by atoms with Gasteiger partial charge in [0.15, 0.2) is 5.65 Å². The van der Waals surface area contributed by atoms with Crippen molar-refractivity contribution in [3.63, 3.8) is 0 Å². The van der Waals surface area contributed by atoms with Gasteiger partial charge in [-0.25, -0.2) is 14.3 Å². The Bertz CT molecular complexity index is 1080. The SMILES string of the molecule is Cc1ccc2c(N3CC(O)C3)nc(=O)n(-c3cccc(C#N)c3)c2n1. The van der Waals surface area contributed by atoms with Crippen LogP contribution in [-0.4, -0.2) is 38.8 Å². The highest BCUT2D eigenvalue weighted by molar-refractivity contribution is 5.88. The molecule has 1 aromatic carbocycles. The number of anilines is 1. The number of aryl methyl sites for hydroxylation is 1. The summed E-state index contributed by atoms with van der Waals surface area (Å²) in [5.74, 6) is 0.533. The summed E-state index contributed by atoms with van der Waals surface area (Å²) in [6.45, 7) is 2.75. The normalized spacial score (nSPS) is 14.4. The molecule has 1 fully saturated rings. The number of hydrogen-bond acceptors (Lipinski definition) is 6. The average Bonchev–Trinajstić information content (AvgIpc) is 2.58. The van der Waals surface area contributed by atoms with E-state index in [0.29, 0.717) is 35.8 Å². The van der Waals surface area contributed by atoms with Crippen molar-refractivity contribution >= 4 is 16.9 Å². The number of benzene rings is 1. The van der Waals surface area contributed by atoms with Crippen LogP contribution in [0.4, 0.5) is 5.82 Å². The van der Waals surface area contributed by atoms with Gasteiger partial charge in [0.2, 0.25) is 0 Å². The summed E-state index contributed by atoms with van der Waals surface area (Å²) >= 11 is 0. The summed E-state index contributed by atoms with van der Waals surface area (Å²) in [4.78, 5) is 23.4. The molecule has 0 saturated carbocycles. The third-order valence-electron chi connectivity index (χ3n) is 4.26. The van der Waals surface area contributed by atoms with Gasteiger partial charge in [-0.05, 0) is 37.3 Å². The van der Waals surface area contributed by atoms with Gasteiger partial charge in [0.25, 0.3) is 0 Å². The quantitative estimate of drug-likeness (QED) is 0.756. The summed E-state index contributed by atoms with van der Waals surface area (Å²) in [6.07, 6.45) is -0.398. The fourth-order valence-corrected chi connectivity index (χ4v) is 3.00. The molecule has 0 atom stereocenters. The number of pyridine rings is 1. The summed E-state index contributed by atoms with van der Waals surface area (Å²) in [6, 6.07) is 12.6. The number of aromatic nitrogens is 3. The van der Waals surface area contributed by atoms with Crippen LogP contribution in [-0.2, 0) is 0 Å². The van der Waals surface area contributed by atoms with Crippen LogP contribution in [0.1, 0.15) is 11.3 Å². The Morgan fingerprint density at radius 1 is 1.24 bits per heavy atom. The van der Waals surface area contributed by atoms with Crippen molar-refractivity contribution in [3.8, 4) is 11.8 Å². The van der Waals surface area contributed by atoms with E-state index in [1.807, 2.05) is 24.0 Å². The second-order valence-electron chi connectivity index (χ2n) is 6.10. The molecule has 0 spiro atoms. The van der Waals surface area contributed by atoms with Crippen LogP contribution in [0.3, 0.4) is 0 Å². The Labute approximate surface area is 143 Å². The Kier molecular flexibility index (Phi) is 3.48. The lowest BCUT2D eigenvalue weighted by Gasteiger charge is -2.37. The molecule has 4 rings (SSSR count). The molecular formula is C18H15N5O2. The standard InChI is InChI=1S/C18H15N5O2/c1-11-5-6-15-16(22-9-14(24)10-22)21-18(25)23(17(15)20-11)13-4-2-3-12(7-13)8-19/h2-7,14,24H,9-10H2,1H3. The molecule has 25 heavy (non-hydrogen) atoms. The van der Waals surface area contributed by atoms with Crippen molar-refractivity contribution in [1.82, 2.24) is 14.5 Å². The first-order valence-electron chi connectivity index (χ1n) is 7.91. The third-order valence-corrected chi connectivity index (χ3v) is 4.26. The Balaban J connectivity index is 2.00. The molecule has 0 aliphatic carbocycles. The van der Waals surface area contributed by atoms with E-state index >= 15 is 0 Å². The van der Waals surface area contributed by atoms with Gasteiger partial charge >= 0.3 is 5.69 Å². The fourth-order valence-electron chi connectivity index (χ4n) is 3.00. The largest absolute Gasteiger partial charge is 0.389 e. The topological polar surface area (TPSA) is 95.0 Å². The first kappa shape index (κ1) is 15.3. The highest BCUT2D eigenvalue weighted by Crippen LogP contribution is 2.27. The molecule has 0 unspecified atom stereocenters. The second kappa shape index (κ2) is 5.69. The summed E-state index contributed by atoms with van der Waals surface area (Å²) in [5.41, 5.74) is 1.82. The molecule has 1 aliphatic heterocycles. The van der Waals surface area contributed by atoms with Gasteiger partial charge in [-0.15, -0.1) is 0 Å². The van der Waals surface area contributed by atoms with Crippen molar-refractivity contribution in [2.45, 2.75) is 13.0 Å². The van der Waals surface area contributed by atoms with Gasteiger partial charge in [-0.3, -0.25) is 0 Å². The zero-order valence-corrected chi connectivity index (χ0v) is 13.5. The maximum Gasteiger partial charge on any atom is 0.355 e. The first-order chi connectivity index (χ1) is 12.1. The number of aliphatic hydroxyl groups is 1. The van der Waals surface area contributed by atoms with Gasteiger partial charge in [-0.1, -0.05) is 6.07 Å². The molecule has 7 heteroatoms. The number of fused-ring (bicyclic) bond motifs is 1. The maximum absolute atomic E-state index is 12.7. The van der Waals surface area contributed by atoms with E-state index in [1.165, 1.54) is 4.57 Å². The van der Waals surface area contributed by atoms with Crippen molar-refractivity contribution in [2.75, 3.05) is 18.0 Å². The molecule has 0 bridgehead atoms. The molecule has 3 aromatic rings. The number of nitrogens with zero attached hydrogens (tertiary/aromatic N) is 5. The Morgan fingerprint density at radius 3 is 2.76 bits per heavy atom. The van der Waals surface area contributed by atoms with E-state index in [9.17, 15) is 9.90 Å². The predicted molar refractivity (Wildman–Crippen MR) is 92.8 cm³/mol. The van der Waals surface area contributed by atoms with Crippen LogP contribution in [0.2, 0.25) is 0 Å². The Hall–Kier alpha value is -3.24. The van der Waals surface area contributed by atoms with E-state index in [4.69, 9.17) is 5.26 Å². The molecule has 0 radical (unpaired) electrons. The molecule has 7 nitrogen and oxygen atoms in total. The Morgan fingerprint density at radius 2 is 2.04 bits per heavy atom. The van der Waals surface area contributed by atoms with Gasteiger partial charge in [0.1, 0.15) is 5.82 Å². The van der Waals surface area contributed by atoms with Crippen LogP contribution in [0.15, 0.2) is 41.2 Å². The minimum atomic E-state index is -0.461. The van der Waals surface area contributed by atoms with Gasteiger partial charge in [-0.2, -0.15) is 10.2 Å². The molecule has 3 heterocycles. The van der Waals surface area contributed by atoms with E-state index in [0.717, 1.165) is 11.1 Å². The molecule has 1 saturated heterocycles. The van der Waals surface area contributed by atoms with Crippen LogP contribution < -0.4 is 10.6 Å². The van der Waals surface area contributed by atoms with Crippen molar-refractivity contribution in [2.24, 2.45) is 0 Å². The summed E-state index contributed by atoms with van der Waals surface area (Å²) in [5, 5.41) is 19.4. The van der Waals surface area contributed by atoms with Crippen molar-refractivity contribution in [3.05, 3.63) is 58.1 Å². The van der Waals surface area contributed by atoms with E-state index in [1.54, 1.807) is 24.3 Å². The highest BCUT2D eigenvalue weighted by Gasteiger charge is 2.28. The van der Waals surface area contributed by atoms with Crippen molar-refractivity contribution in [1.29, 1.82) is 5.26 Å². The van der Waals surface area contributed by atoms with Crippen molar-refractivity contribution < 1.29 is 5.11 Å².